The standard InChI is InChI=1S/C16H14BrFO2/c1-10(2)20-13-6-3-11(4-7-13)16(19)14-9-12(17)5-8-15(14)18/h3-10H,1-2H3. The molecule has 0 spiro atoms. The largest absolute Gasteiger partial charge is 0.491 e. The van der Waals surface area contributed by atoms with E-state index in [-0.39, 0.29) is 17.5 Å². The molecular weight excluding hydrogens is 323 g/mol. The van der Waals surface area contributed by atoms with E-state index in [1.165, 1.54) is 12.1 Å². The molecular formula is C16H14BrFO2. The van der Waals surface area contributed by atoms with Crippen molar-refractivity contribution in [3.8, 4) is 5.75 Å². The van der Waals surface area contributed by atoms with Gasteiger partial charge in [-0.05, 0) is 56.3 Å². The van der Waals surface area contributed by atoms with Crippen LogP contribution in [0.15, 0.2) is 46.9 Å². The fourth-order valence-corrected chi connectivity index (χ4v) is 2.15. The second-order valence-corrected chi connectivity index (χ2v) is 5.56. The van der Waals surface area contributed by atoms with Crippen molar-refractivity contribution < 1.29 is 13.9 Å². The van der Waals surface area contributed by atoms with Crippen LogP contribution in [0.25, 0.3) is 0 Å². The molecule has 0 aromatic heterocycles. The van der Waals surface area contributed by atoms with Gasteiger partial charge in [-0.15, -0.1) is 0 Å². The van der Waals surface area contributed by atoms with Crippen LogP contribution in [-0.4, -0.2) is 11.9 Å². The fourth-order valence-electron chi connectivity index (χ4n) is 1.78. The Morgan fingerprint density at radius 3 is 2.40 bits per heavy atom. The minimum atomic E-state index is -0.527. The number of rotatable bonds is 4. The summed E-state index contributed by atoms with van der Waals surface area (Å²) < 4.78 is 19.9. The minimum Gasteiger partial charge on any atom is -0.491 e. The Labute approximate surface area is 125 Å². The van der Waals surface area contributed by atoms with Crippen LogP contribution in [0.5, 0.6) is 5.75 Å². The molecule has 0 N–H and O–H groups in total. The molecule has 0 unspecified atom stereocenters. The smallest absolute Gasteiger partial charge is 0.196 e. The Balaban J connectivity index is 2.27. The van der Waals surface area contributed by atoms with Crippen LogP contribution in [0.3, 0.4) is 0 Å². The summed E-state index contributed by atoms with van der Waals surface area (Å²) in [6.07, 6.45) is 0.0686. The van der Waals surface area contributed by atoms with Gasteiger partial charge in [-0.1, -0.05) is 15.9 Å². The molecule has 104 valence electrons. The highest BCUT2D eigenvalue weighted by Gasteiger charge is 2.14. The monoisotopic (exact) mass is 336 g/mol. The molecule has 0 saturated carbocycles. The maximum Gasteiger partial charge on any atom is 0.196 e. The summed E-state index contributed by atoms with van der Waals surface area (Å²) in [6, 6.07) is 11.0. The highest BCUT2D eigenvalue weighted by Crippen LogP contribution is 2.21. The zero-order valence-electron chi connectivity index (χ0n) is 11.2. The third kappa shape index (κ3) is 3.45. The maximum atomic E-state index is 13.7. The van der Waals surface area contributed by atoms with Gasteiger partial charge in [-0.2, -0.15) is 0 Å². The quantitative estimate of drug-likeness (QED) is 0.762. The molecule has 20 heavy (non-hydrogen) atoms. The molecule has 4 heteroatoms. The van der Waals surface area contributed by atoms with Gasteiger partial charge in [-0.3, -0.25) is 4.79 Å². The SMILES string of the molecule is CC(C)Oc1ccc(C(=O)c2cc(Br)ccc2F)cc1. The number of hydrogen-bond acceptors (Lipinski definition) is 2. The summed E-state index contributed by atoms with van der Waals surface area (Å²) in [6.45, 7) is 3.85. The molecule has 0 atom stereocenters. The first kappa shape index (κ1) is 14.7. The van der Waals surface area contributed by atoms with E-state index in [4.69, 9.17) is 4.74 Å². The van der Waals surface area contributed by atoms with E-state index in [2.05, 4.69) is 15.9 Å². The third-order valence-electron chi connectivity index (χ3n) is 2.66. The van der Waals surface area contributed by atoms with Gasteiger partial charge in [0.1, 0.15) is 11.6 Å². The van der Waals surface area contributed by atoms with Crippen molar-refractivity contribution in [2.75, 3.05) is 0 Å². The lowest BCUT2D eigenvalue weighted by Gasteiger charge is -2.10. The van der Waals surface area contributed by atoms with E-state index in [0.29, 0.717) is 15.8 Å². The molecule has 0 saturated heterocycles. The van der Waals surface area contributed by atoms with Gasteiger partial charge in [-0.25, -0.2) is 4.39 Å². The Morgan fingerprint density at radius 1 is 1.15 bits per heavy atom. The van der Waals surface area contributed by atoms with Crippen LogP contribution in [0.1, 0.15) is 29.8 Å². The second-order valence-electron chi connectivity index (χ2n) is 4.64. The number of carbonyl (C=O) groups is 1. The summed E-state index contributed by atoms with van der Waals surface area (Å²) in [5, 5.41) is 0. The summed E-state index contributed by atoms with van der Waals surface area (Å²) in [5.41, 5.74) is 0.481. The van der Waals surface area contributed by atoms with Gasteiger partial charge in [0.05, 0.1) is 11.7 Å². The zero-order chi connectivity index (χ0) is 14.7. The summed E-state index contributed by atoms with van der Waals surface area (Å²) in [5.74, 6) is -0.188. The average molecular weight is 337 g/mol. The highest BCUT2D eigenvalue weighted by molar-refractivity contribution is 9.10. The molecule has 2 rings (SSSR count). The summed E-state index contributed by atoms with van der Waals surface area (Å²) >= 11 is 3.24. The Hall–Kier alpha value is -1.68. The lowest BCUT2D eigenvalue weighted by molar-refractivity contribution is 0.103. The van der Waals surface area contributed by atoms with Gasteiger partial charge in [0.25, 0.3) is 0 Å². The maximum absolute atomic E-state index is 13.7. The van der Waals surface area contributed by atoms with Crippen molar-refractivity contribution >= 4 is 21.7 Å². The molecule has 0 bridgehead atoms. The Bertz CT molecular complexity index is 621. The molecule has 0 aliphatic rings. The first-order valence-corrected chi connectivity index (χ1v) is 7.03. The van der Waals surface area contributed by atoms with E-state index in [1.54, 1.807) is 30.3 Å². The molecule has 2 aromatic carbocycles. The first-order valence-electron chi connectivity index (χ1n) is 6.24. The van der Waals surface area contributed by atoms with Crippen molar-refractivity contribution in [1.82, 2.24) is 0 Å². The van der Waals surface area contributed by atoms with Crippen LogP contribution in [0, 0.1) is 5.82 Å². The van der Waals surface area contributed by atoms with Gasteiger partial charge >= 0.3 is 0 Å². The van der Waals surface area contributed by atoms with Crippen molar-refractivity contribution in [2.24, 2.45) is 0 Å². The van der Waals surface area contributed by atoms with Crippen molar-refractivity contribution in [3.63, 3.8) is 0 Å². The van der Waals surface area contributed by atoms with E-state index in [0.717, 1.165) is 0 Å². The number of carbonyl (C=O) groups excluding carboxylic acids is 1. The van der Waals surface area contributed by atoms with Gasteiger partial charge < -0.3 is 4.74 Å². The second kappa shape index (κ2) is 6.18. The number of hydrogen-bond donors (Lipinski definition) is 0. The van der Waals surface area contributed by atoms with Crippen LogP contribution in [-0.2, 0) is 0 Å². The van der Waals surface area contributed by atoms with Gasteiger partial charge in [0, 0.05) is 10.0 Å². The Kier molecular flexibility index (Phi) is 4.55. The molecule has 0 aliphatic carbocycles. The summed E-state index contributed by atoms with van der Waals surface area (Å²) in [7, 11) is 0. The van der Waals surface area contributed by atoms with Crippen LogP contribution >= 0.6 is 15.9 Å². The van der Waals surface area contributed by atoms with Gasteiger partial charge in [0.15, 0.2) is 5.78 Å². The first-order chi connectivity index (χ1) is 9.47. The number of ether oxygens (including phenoxy) is 1. The molecule has 0 aliphatic heterocycles. The summed E-state index contributed by atoms with van der Waals surface area (Å²) in [4.78, 5) is 12.3. The number of benzene rings is 2. The molecule has 0 heterocycles. The molecule has 0 amide bonds. The van der Waals surface area contributed by atoms with E-state index >= 15 is 0 Å². The molecule has 0 fully saturated rings. The molecule has 0 radical (unpaired) electrons. The molecule has 2 nitrogen and oxygen atoms in total. The predicted octanol–water partition coefficient (Wildman–Crippen LogP) is 4.61. The number of halogens is 2. The topological polar surface area (TPSA) is 26.3 Å². The highest BCUT2D eigenvalue weighted by atomic mass is 79.9. The third-order valence-corrected chi connectivity index (χ3v) is 3.15. The van der Waals surface area contributed by atoms with E-state index < -0.39 is 5.82 Å². The fraction of sp³-hybridized carbons (Fsp3) is 0.188. The Morgan fingerprint density at radius 2 is 1.80 bits per heavy atom. The van der Waals surface area contributed by atoms with Crippen LogP contribution < -0.4 is 4.74 Å². The van der Waals surface area contributed by atoms with Crippen molar-refractivity contribution in [2.45, 2.75) is 20.0 Å². The lowest BCUT2D eigenvalue weighted by atomic mass is 10.0. The van der Waals surface area contributed by atoms with Crippen LogP contribution in [0.4, 0.5) is 4.39 Å². The predicted molar refractivity (Wildman–Crippen MR) is 79.7 cm³/mol. The van der Waals surface area contributed by atoms with Crippen LogP contribution in [0.2, 0.25) is 0 Å². The van der Waals surface area contributed by atoms with Crippen molar-refractivity contribution in [3.05, 3.63) is 63.9 Å². The molecule has 2 aromatic rings. The minimum absolute atomic E-state index is 0.0527. The van der Waals surface area contributed by atoms with E-state index in [1.807, 2.05) is 13.8 Å². The zero-order valence-corrected chi connectivity index (χ0v) is 12.8. The van der Waals surface area contributed by atoms with E-state index in [9.17, 15) is 9.18 Å². The average Bonchev–Trinajstić information content (AvgIpc) is 2.41. The normalized spacial score (nSPS) is 10.7. The van der Waals surface area contributed by atoms with Crippen molar-refractivity contribution in [1.29, 1.82) is 0 Å². The number of ketones is 1. The van der Waals surface area contributed by atoms with Gasteiger partial charge in [0.2, 0.25) is 0 Å². The lowest BCUT2D eigenvalue weighted by Crippen LogP contribution is -2.07.